The van der Waals surface area contributed by atoms with Gasteiger partial charge in [0.2, 0.25) is 0 Å². The first-order chi connectivity index (χ1) is 17.3. The number of aryl methyl sites for hydroxylation is 1. The van der Waals surface area contributed by atoms with E-state index in [1.807, 2.05) is 57.5 Å². The van der Waals surface area contributed by atoms with Crippen LogP contribution < -0.4 is 10.6 Å². The van der Waals surface area contributed by atoms with E-state index in [0.29, 0.717) is 30.2 Å². The zero-order valence-corrected chi connectivity index (χ0v) is 20.2. The third-order valence-corrected chi connectivity index (χ3v) is 6.52. The maximum Gasteiger partial charge on any atom is 0.320 e. The number of halogens is 2. The van der Waals surface area contributed by atoms with E-state index in [1.165, 1.54) is 6.07 Å². The molecule has 1 saturated heterocycles. The number of carbonyl (C=O) groups is 1. The summed E-state index contributed by atoms with van der Waals surface area (Å²) in [6, 6.07) is 12.8. The molecule has 1 aliphatic heterocycles. The molecule has 0 bridgehead atoms. The molecule has 0 saturated carbocycles. The largest absolute Gasteiger partial charge is 0.333 e. The van der Waals surface area contributed by atoms with Crippen molar-refractivity contribution in [3.8, 4) is 16.9 Å². The third-order valence-electron chi connectivity index (χ3n) is 6.52. The van der Waals surface area contributed by atoms with Crippen LogP contribution in [0.15, 0.2) is 60.9 Å². The van der Waals surface area contributed by atoms with Crippen LogP contribution in [-0.4, -0.2) is 56.7 Å². The van der Waals surface area contributed by atoms with E-state index in [-0.39, 0.29) is 12.0 Å². The Balaban J connectivity index is 1.42. The molecule has 0 aliphatic carbocycles. The van der Waals surface area contributed by atoms with Crippen molar-refractivity contribution in [2.75, 3.05) is 25.5 Å². The van der Waals surface area contributed by atoms with E-state index in [4.69, 9.17) is 5.10 Å². The molecule has 3 heterocycles. The van der Waals surface area contributed by atoms with Crippen LogP contribution in [0.3, 0.4) is 0 Å². The number of likely N-dealkylation sites (tertiary alicyclic amines) is 1. The second kappa shape index (κ2) is 9.54. The maximum absolute atomic E-state index is 13.9. The van der Waals surface area contributed by atoms with Gasteiger partial charge < -0.3 is 10.2 Å². The zero-order chi connectivity index (χ0) is 25.4. The lowest BCUT2D eigenvalue weighted by Crippen LogP contribution is -2.42. The number of benzene rings is 2. The van der Waals surface area contributed by atoms with E-state index in [9.17, 15) is 13.6 Å². The highest BCUT2D eigenvalue weighted by atomic mass is 19.2. The summed E-state index contributed by atoms with van der Waals surface area (Å²) in [7, 11) is 3.77. The molecular formula is C26H27F2N7O. The Kier molecular flexibility index (Phi) is 6.27. The van der Waals surface area contributed by atoms with Crippen molar-refractivity contribution in [2.24, 2.45) is 7.05 Å². The number of rotatable bonds is 5. The predicted molar refractivity (Wildman–Crippen MR) is 133 cm³/mol. The molecule has 36 heavy (non-hydrogen) atoms. The summed E-state index contributed by atoms with van der Waals surface area (Å²) in [6.07, 6.45) is 3.60. The van der Waals surface area contributed by atoms with E-state index >= 15 is 0 Å². The fraction of sp³-hybridized carbons (Fsp3) is 0.269. The van der Waals surface area contributed by atoms with Crippen LogP contribution in [0, 0.1) is 18.6 Å². The Hall–Kier alpha value is -4.05. The molecule has 0 unspecified atom stereocenters. The highest BCUT2D eigenvalue weighted by Crippen LogP contribution is 2.31. The summed E-state index contributed by atoms with van der Waals surface area (Å²) >= 11 is 0. The Morgan fingerprint density at radius 1 is 1.06 bits per heavy atom. The minimum absolute atomic E-state index is 0.179. The van der Waals surface area contributed by atoms with Crippen molar-refractivity contribution in [3.05, 3.63) is 83.7 Å². The van der Waals surface area contributed by atoms with Crippen molar-refractivity contribution in [1.82, 2.24) is 29.8 Å². The number of hydrogen-bond acceptors (Lipinski definition) is 4. The summed E-state index contributed by atoms with van der Waals surface area (Å²) in [5.74, 6) is -1.42. The van der Waals surface area contributed by atoms with Crippen molar-refractivity contribution < 1.29 is 13.6 Å². The van der Waals surface area contributed by atoms with Crippen LogP contribution in [0.4, 0.5) is 19.4 Å². The molecule has 10 heteroatoms. The smallest absolute Gasteiger partial charge is 0.320 e. The molecule has 2 N–H and O–H groups in total. The molecule has 2 aromatic heterocycles. The molecule has 5 rings (SSSR count). The number of amides is 2. The zero-order valence-electron chi connectivity index (χ0n) is 20.2. The third kappa shape index (κ3) is 4.59. The van der Waals surface area contributed by atoms with Gasteiger partial charge in [-0.15, -0.1) is 0 Å². The van der Waals surface area contributed by atoms with Crippen LogP contribution in [0.2, 0.25) is 0 Å². The van der Waals surface area contributed by atoms with Crippen molar-refractivity contribution >= 4 is 11.8 Å². The number of anilines is 1. The maximum atomic E-state index is 13.9. The highest BCUT2D eigenvalue weighted by Gasteiger charge is 2.34. The predicted octanol–water partition coefficient (Wildman–Crippen LogP) is 4.08. The first kappa shape index (κ1) is 23.7. The summed E-state index contributed by atoms with van der Waals surface area (Å²) < 4.78 is 30.8. The van der Waals surface area contributed by atoms with Gasteiger partial charge in [0.25, 0.3) is 0 Å². The summed E-state index contributed by atoms with van der Waals surface area (Å²) in [5.41, 5.74) is 3.79. The average Bonchev–Trinajstić information content (AvgIpc) is 3.54. The van der Waals surface area contributed by atoms with E-state index in [2.05, 4.69) is 20.6 Å². The standard InChI is InChI=1S/C26H27F2N7O/c1-16-24(18-12-29-34(3)13-18)32-35(19-7-5-4-6-8-19)25(16)31-26(36)30-23-15-33(2)14-20(23)17-9-10-21(27)22(28)11-17/h4-13,20,23H,14-15H2,1-3H3,(H2,30,31,36)/t20-,23+/m0/s1. The summed E-state index contributed by atoms with van der Waals surface area (Å²) in [5, 5.41) is 15.0. The molecule has 0 spiro atoms. The number of nitrogens with zero attached hydrogens (tertiary/aromatic N) is 5. The van der Waals surface area contributed by atoms with Gasteiger partial charge in [0, 0.05) is 43.4 Å². The van der Waals surface area contributed by atoms with Crippen molar-refractivity contribution in [2.45, 2.75) is 18.9 Å². The molecule has 8 nitrogen and oxygen atoms in total. The first-order valence-corrected chi connectivity index (χ1v) is 11.6. The highest BCUT2D eigenvalue weighted by molar-refractivity contribution is 5.91. The van der Waals surface area contributed by atoms with Crippen LogP contribution in [0.1, 0.15) is 17.0 Å². The summed E-state index contributed by atoms with van der Waals surface area (Å²) in [6.45, 7) is 3.09. The SMILES string of the molecule is Cc1c(-c2cnn(C)c2)nn(-c2ccccc2)c1NC(=O)N[C@@H]1CN(C)C[C@H]1c1ccc(F)c(F)c1. The van der Waals surface area contributed by atoms with E-state index < -0.39 is 17.7 Å². The van der Waals surface area contributed by atoms with Crippen LogP contribution in [0.25, 0.3) is 16.9 Å². The molecule has 2 amide bonds. The number of urea groups is 1. The molecule has 186 valence electrons. The molecule has 4 aromatic rings. The minimum Gasteiger partial charge on any atom is -0.333 e. The van der Waals surface area contributed by atoms with Gasteiger partial charge in [-0.1, -0.05) is 24.3 Å². The van der Waals surface area contributed by atoms with Crippen LogP contribution in [-0.2, 0) is 7.05 Å². The van der Waals surface area contributed by atoms with Gasteiger partial charge in [0.1, 0.15) is 11.5 Å². The number of hydrogen-bond donors (Lipinski definition) is 2. The molecule has 1 aliphatic rings. The lowest BCUT2D eigenvalue weighted by Gasteiger charge is -2.21. The quantitative estimate of drug-likeness (QED) is 0.441. The average molecular weight is 492 g/mol. The second-order valence-corrected chi connectivity index (χ2v) is 9.18. The Morgan fingerprint density at radius 3 is 2.53 bits per heavy atom. The molecule has 1 fully saturated rings. The van der Waals surface area contributed by atoms with Gasteiger partial charge in [0.05, 0.1) is 17.9 Å². The normalized spacial score (nSPS) is 17.9. The van der Waals surface area contributed by atoms with Gasteiger partial charge in [-0.05, 0) is 43.8 Å². The minimum atomic E-state index is -0.893. The number of nitrogens with one attached hydrogen (secondary N) is 2. The number of likely N-dealkylation sites (N-methyl/N-ethyl adjacent to an activating group) is 1. The number of carbonyl (C=O) groups excluding carboxylic acids is 1. The molecule has 2 aromatic carbocycles. The second-order valence-electron chi connectivity index (χ2n) is 9.18. The topological polar surface area (TPSA) is 80.0 Å². The van der Waals surface area contributed by atoms with Gasteiger partial charge in [-0.2, -0.15) is 10.2 Å². The Bertz CT molecular complexity index is 1400. The van der Waals surface area contributed by atoms with Crippen LogP contribution in [0.5, 0.6) is 0 Å². The fourth-order valence-corrected chi connectivity index (χ4v) is 4.76. The number of para-hydroxylation sites is 1. The fourth-order valence-electron chi connectivity index (χ4n) is 4.76. The molecular weight excluding hydrogens is 464 g/mol. The van der Waals surface area contributed by atoms with Crippen molar-refractivity contribution in [3.63, 3.8) is 0 Å². The van der Waals surface area contributed by atoms with Crippen LogP contribution >= 0.6 is 0 Å². The number of aromatic nitrogens is 4. The van der Waals surface area contributed by atoms with Crippen molar-refractivity contribution in [1.29, 1.82) is 0 Å². The summed E-state index contributed by atoms with van der Waals surface area (Å²) in [4.78, 5) is 15.3. The lowest BCUT2D eigenvalue weighted by molar-refractivity contribution is 0.247. The lowest BCUT2D eigenvalue weighted by atomic mass is 9.94. The Labute approximate surface area is 207 Å². The van der Waals surface area contributed by atoms with Gasteiger partial charge in [0.15, 0.2) is 11.6 Å². The van der Waals surface area contributed by atoms with E-state index in [0.717, 1.165) is 22.9 Å². The van der Waals surface area contributed by atoms with Gasteiger partial charge in [-0.25, -0.2) is 18.3 Å². The van der Waals surface area contributed by atoms with E-state index in [1.54, 1.807) is 21.6 Å². The first-order valence-electron chi connectivity index (χ1n) is 11.6. The van der Waals surface area contributed by atoms with Gasteiger partial charge in [-0.3, -0.25) is 10.00 Å². The van der Waals surface area contributed by atoms with Gasteiger partial charge >= 0.3 is 6.03 Å². The monoisotopic (exact) mass is 491 g/mol. The molecule has 0 radical (unpaired) electrons. The Morgan fingerprint density at radius 2 is 1.83 bits per heavy atom. The molecule has 2 atom stereocenters.